The highest BCUT2D eigenvalue weighted by Gasteiger charge is 2.07. The fraction of sp³-hybridized carbons (Fsp3) is 0.333. The van der Waals surface area contributed by atoms with Crippen molar-refractivity contribution in [3.63, 3.8) is 0 Å². The molecule has 1 aromatic carbocycles. The Morgan fingerprint density at radius 1 is 1.30 bits per heavy atom. The Bertz CT molecular complexity index is 771. The summed E-state index contributed by atoms with van der Waals surface area (Å²) in [5.74, 6) is 0. The average Bonchev–Trinajstić information content (AvgIpc) is 2.67. The van der Waals surface area contributed by atoms with Gasteiger partial charge in [0.2, 0.25) is 0 Å². The number of aromatic nitrogens is 1. The van der Waals surface area contributed by atoms with E-state index in [1.165, 1.54) is 11.3 Å². The van der Waals surface area contributed by atoms with Gasteiger partial charge < -0.3 is 5.32 Å². The molecule has 20 heavy (non-hydrogen) atoms. The molecule has 2 aromatic rings. The Hall–Kier alpha value is -1.88. The topological polar surface area (TPSA) is 46.4 Å². The van der Waals surface area contributed by atoms with E-state index in [1.807, 2.05) is 42.0 Å². The number of hydrogen-bond donors (Lipinski definition) is 1. The van der Waals surface area contributed by atoms with Crippen molar-refractivity contribution >= 4 is 23.1 Å². The molecule has 0 unspecified atom stereocenters. The number of nitrogens with zero attached hydrogens (tertiary/aromatic N) is 2. The summed E-state index contributed by atoms with van der Waals surface area (Å²) in [7, 11) is 1.89. The van der Waals surface area contributed by atoms with Crippen LogP contribution < -0.4 is 20.2 Å². The summed E-state index contributed by atoms with van der Waals surface area (Å²) in [5.41, 5.74) is 2.20. The van der Waals surface area contributed by atoms with E-state index in [0.717, 1.165) is 46.5 Å². The molecule has 0 spiro atoms. The van der Waals surface area contributed by atoms with E-state index in [9.17, 15) is 4.79 Å². The lowest BCUT2D eigenvalue weighted by Crippen LogP contribution is -2.30. The van der Waals surface area contributed by atoms with Crippen LogP contribution in [0, 0.1) is 0 Å². The van der Waals surface area contributed by atoms with Crippen LogP contribution >= 0.6 is 11.3 Å². The molecule has 1 aliphatic rings. The first-order chi connectivity index (χ1) is 9.78. The molecule has 0 saturated heterocycles. The van der Waals surface area contributed by atoms with E-state index in [1.54, 1.807) is 0 Å². The third-order valence-electron chi connectivity index (χ3n) is 3.42. The minimum atomic E-state index is 0.0911. The maximum Gasteiger partial charge on any atom is 0.270 e. The summed E-state index contributed by atoms with van der Waals surface area (Å²) in [4.78, 5) is 17.7. The highest BCUT2D eigenvalue weighted by Crippen LogP contribution is 2.08. The van der Waals surface area contributed by atoms with Crippen LogP contribution in [0.3, 0.4) is 0 Å². The molecule has 5 heteroatoms. The van der Waals surface area contributed by atoms with Crippen LogP contribution in [0.2, 0.25) is 0 Å². The Balaban J connectivity index is 2.07. The summed E-state index contributed by atoms with van der Waals surface area (Å²) in [6.07, 6.45) is 4.05. The average molecular weight is 287 g/mol. The summed E-state index contributed by atoms with van der Waals surface area (Å²) in [6, 6.07) is 8.04. The van der Waals surface area contributed by atoms with Gasteiger partial charge in [-0.05, 0) is 36.6 Å². The second-order valence-corrected chi connectivity index (χ2v) is 5.82. The summed E-state index contributed by atoms with van der Waals surface area (Å²) < 4.78 is 2.58. The second-order valence-electron chi connectivity index (χ2n) is 4.81. The first kappa shape index (κ1) is 13.1. The SMILES string of the molecule is CNc1ccc(/C=c2/sc3n(c2=O)CCCCN=3)cc1. The van der Waals surface area contributed by atoms with Crippen LogP contribution in [0.4, 0.5) is 5.69 Å². The predicted octanol–water partition coefficient (Wildman–Crippen LogP) is 1.19. The van der Waals surface area contributed by atoms with Gasteiger partial charge in [0.25, 0.3) is 5.56 Å². The third kappa shape index (κ3) is 2.54. The van der Waals surface area contributed by atoms with Crippen LogP contribution in [-0.4, -0.2) is 18.2 Å². The molecular formula is C15H17N3OS. The van der Waals surface area contributed by atoms with Gasteiger partial charge in [-0.3, -0.25) is 14.4 Å². The number of thiazole rings is 1. The second kappa shape index (κ2) is 5.63. The Labute approximate surface area is 121 Å². The highest BCUT2D eigenvalue weighted by atomic mass is 32.1. The van der Waals surface area contributed by atoms with Crippen LogP contribution in [-0.2, 0) is 6.54 Å². The molecule has 0 saturated carbocycles. The van der Waals surface area contributed by atoms with Crippen molar-refractivity contribution in [2.45, 2.75) is 19.4 Å². The van der Waals surface area contributed by atoms with Gasteiger partial charge in [-0.25, -0.2) is 0 Å². The minimum absolute atomic E-state index is 0.0911. The normalized spacial score (nSPS) is 15.3. The van der Waals surface area contributed by atoms with E-state index in [2.05, 4.69) is 10.3 Å². The molecule has 104 valence electrons. The fourth-order valence-corrected chi connectivity index (χ4v) is 3.31. The first-order valence-corrected chi connectivity index (χ1v) is 7.63. The van der Waals surface area contributed by atoms with Crippen LogP contribution in [0.1, 0.15) is 18.4 Å². The quantitative estimate of drug-likeness (QED) is 0.902. The molecule has 1 aliphatic heterocycles. The third-order valence-corrected chi connectivity index (χ3v) is 4.47. The van der Waals surface area contributed by atoms with Gasteiger partial charge in [-0.1, -0.05) is 23.5 Å². The van der Waals surface area contributed by atoms with Crippen LogP contribution in [0.5, 0.6) is 0 Å². The van der Waals surface area contributed by atoms with E-state index in [-0.39, 0.29) is 5.56 Å². The van der Waals surface area contributed by atoms with Crippen molar-refractivity contribution in [2.24, 2.45) is 4.99 Å². The molecule has 0 fully saturated rings. The molecule has 1 aromatic heterocycles. The van der Waals surface area contributed by atoms with Gasteiger partial charge in [0.15, 0.2) is 4.80 Å². The molecular weight excluding hydrogens is 270 g/mol. The van der Waals surface area contributed by atoms with Gasteiger partial charge >= 0.3 is 0 Å². The maximum atomic E-state index is 12.4. The van der Waals surface area contributed by atoms with Gasteiger partial charge in [-0.2, -0.15) is 0 Å². The molecule has 2 heterocycles. The largest absolute Gasteiger partial charge is 0.388 e. The molecule has 0 radical (unpaired) electrons. The first-order valence-electron chi connectivity index (χ1n) is 6.81. The summed E-state index contributed by atoms with van der Waals surface area (Å²) >= 11 is 1.49. The lowest BCUT2D eigenvalue weighted by atomic mass is 10.2. The smallest absolute Gasteiger partial charge is 0.270 e. The molecule has 4 nitrogen and oxygen atoms in total. The monoisotopic (exact) mass is 287 g/mol. The van der Waals surface area contributed by atoms with E-state index < -0.39 is 0 Å². The number of anilines is 1. The number of hydrogen-bond acceptors (Lipinski definition) is 4. The lowest BCUT2D eigenvalue weighted by molar-refractivity contribution is 0.621. The van der Waals surface area contributed by atoms with Gasteiger partial charge in [0.1, 0.15) is 0 Å². The van der Waals surface area contributed by atoms with E-state index in [0.29, 0.717) is 0 Å². The predicted molar refractivity (Wildman–Crippen MR) is 83.0 cm³/mol. The zero-order valence-corrected chi connectivity index (χ0v) is 12.2. The molecule has 3 rings (SSSR count). The summed E-state index contributed by atoms with van der Waals surface area (Å²) in [6.45, 7) is 1.62. The number of fused-ring (bicyclic) bond motifs is 1. The van der Waals surface area contributed by atoms with Crippen molar-refractivity contribution in [1.82, 2.24) is 4.57 Å². The molecule has 0 aliphatic carbocycles. The van der Waals surface area contributed by atoms with E-state index >= 15 is 0 Å². The fourth-order valence-electron chi connectivity index (χ4n) is 2.28. The minimum Gasteiger partial charge on any atom is -0.388 e. The number of benzene rings is 1. The Kier molecular flexibility index (Phi) is 3.69. The Morgan fingerprint density at radius 2 is 2.10 bits per heavy atom. The zero-order valence-electron chi connectivity index (χ0n) is 11.4. The maximum absolute atomic E-state index is 12.4. The van der Waals surface area contributed by atoms with Crippen molar-refractivity contribution < 1.29 is 0 Å². The lowest BCUT2D eigenvalue weighted by Gasteiger charge is -1.98. The number of nitrogens with one attached hydrogen (secondary N) is 1. The van der Waals surface area contributed by atoms with Crippen molar-refractivity contribution in [3.05, 3.63) is 49.5 Å². The van der Waals surface area contributed by atoms with Gasteiger partial charge in [-0.15, -0.1) is 0 Å². The number of rotatable bonds is 2. The zero-order chi connectivity index (χ0) is 13.9. The molecule has 0 atom stereocenters. The van der Waals surface area contributed by atoms with Crippen molar-refractivity contribution in [3.8, 4) is 0 Å². The van der Waals surface area contributed by atoms with Gasteiger partial charge in [0, 0.05) is 25.8 Å². The van der Waals surface area contributed by atoms with Crippen molar-refractivity contribution in [1.29, 1.82) is 0 Å². The van der Waals surface area contributed by atoms with Gasteiger partial charge in [0.05, 0.1) is 4.53 Å². The Morgan fingerprint density at radius 3 is 2.85 bits per heavy atom. The highest BCUT2D eigenvalue weighted by molar-refractivity contribution is 7.07. The van der Waals surface area contributed by atoms with E-state index in [4.69, 9.17) is 0 Å². The van der Waals surface area contributed by atoms with Crippen LogP contribution in [0.25, 0.3) is 6.08 Å². The molecule has 1 N–H and O–H groups in total. The standard InChI is InChI=1S/C15H17N3OS/c1-16-12-6-4-11(5-7-12)10-13-14(19)18-9-3-2-8-17-15(18)20-13/h4-7,10,16H,2-3,8-9H2,1H3/b13-10+. The molecule has 0 bridgehead atoms. The van der Waals surface area contributed by atoms with Crippen molar-refractivity contribution in [2.75, 3.05) is 18.9 Å². The van der Waals surface area contributed by atoms with Crippen LogP contribution in [0.15, 0.2) is 34.1 Å². The molecule has 0 amide bonds. The summed E-state index contributed by atoms with van der Waals surface area (Å²) in [5, 5.41) is 3.08.